The third-order valence-electron chi connectivity index (χ3n) is 6.20. The molecule has 0 spiro atoms. The number of hydrogen-bond acceptors (Lipinski definition) is 1. The van der Waals surface area contributed by atoms with Crippen LogP contribution in [-0.2, 0) is 0 Å². The van der Waals surface area contributed by atoms with E-state index in [-0.39, 0.29) is 0 Å². The maximum atomic E-state index is 9.82. The second-order valence-electron chi connectivity index (χ2n) is 12.0. The summed E-state index contributed by atoms with van der Waals surface area (Å²) in [7, 11) is 0. The van der Waals surface area contributed by atoms with Crippen LogP contribution in [0.2, 0.25) is 0 Å². The molecule has 0 aromatic rings. The molecule has 0 aliphatic heterocycles. The Morgan fingerprint density at radius 3 is 1.27 bits per heavy atom. The molecule has 0 amide bonds. The van der Waals surface area contributed by atoms with Crippen molar-refractivity contribution in [2.24, 2.45) is 0 Å². The Balaban J connectivity index is 4.69. The van der Waals surface area contributed by atoms with E-state index in [2.05, 4.69) is 159 Å². The summed E-state index contributed by atoms with van der Waals surface area (Å²) in [5.74, 6) is 0. The van der Waals surface area contributed by atoms with Crippen LogP contribution in [0.3, 0.4) is 0 Å². The van der Waals surface area contributed by atoms with Crippen LogP contribution in [0.25, 0.3) is 0 Å². The van der Waals surface area contributed by atoms with Gasteiger partial charge in [-0.05, 0) is 101 Å². The third kappa shape index (κ3) is 26.8. The molecule has 0 fully saturated rings. The Labute approximate surface area is 253 Å². The lowest BCUT2D eigenvalue weighted by Gasteiger charge is -2.16. The average Bonchev–Trinajstić information content (AvgIpc) is 2.85. The highest BCUT2D eigenvalue weighted by molar-refractivity contribution is 5.32. The second kappa shape index (κ2) is 22.5. The zero-order valence-corrected chi connectivity index (χ0v) is 27.8. The first-order chi connectivity index (χ1) is 19.3. The first-order valence-corrected chi connectivity index (χ1v) is 15.0. The van der Waals surface area contributed by atoms with Crippen LogP contribution >= 0.6 is 0 Å². The fourth-order valence-electron chi connectivity index (χ4n) is 3.62. The van der Waals surface area contributed by atoms with E-state index in [9.17, 15) is 5.11 Å². The summed E-state index contributed by atoms with van der Waals surface area (Å²) in [6.07, 6.45) is 41.4. The minimum Gasteiger partial charge on any atom is -0.390 e. The van der Waals surface area contributed by atoms with Gasteiger partial charge in [-0.1, -0.05) is 142 Å². The monoisotopic (exact) mass is 554 g/mol. The van der Waals surface area contributed by atoms with Crippen molar-refractivity contribution in [1.29, 1.82) is 0 Å². The Morgan fingerprint density at radius 1 is 0.512 bits per heavy atom. The van der Waals surface area contributed by atoms with Crippen LogP contribution in [0.5, 0.6) is 0 Å². The molecule has 0 aliphatic rings. The van der Waals surface area contributed by atoms with E-state index in [1.54, 1.807) is 0 Å². The van der Waals surface area contributed by atoms with E-state index in [0.717, 1.165) is 32.1 Å². The Kier molecular flexibility index (Phi) is 20.8. The van der Waals surface area contributed by atoms with Gasteiger partial charge in [-0.3, -0.25) is 0 Å². The number of allylic oxidation sites excluding steroid dienone is 24. The number of aliphatic hydroxyl groups is 1. The van der Waals surface area contributed by atoms with Crippen LogP contribution in [0, 0.1) is 0 Å². The summed E-state index contributed by atoms with van der Waals surface area (Å²) in [4.78, 5) is 0. The highest BCUT2D eigenvalue weighted by Gasteiger charge is 2.10. The Morgan fingerprint density at radius 2 is 0.878 bits per heavy atom. The zero-order chi connectivity index (χ0) is 31.1. The smallest absolute Gasteiger partial charge is 0.0591 e. The van der Waals surface area contributed by atoms with Gasteiger partial charge >= 0.3 is 0 Å². The molecular weight excluding hydrogens is 496 g/mol. The van der Waals surface area contributed by atoms with E-state index >= 15 is 0 Å². The first kappa shape index (κ1) is 37.8. The highest BCUT2D eigenvalue weighted by Crippen LogP contribution is 2.15. The Bertz CT molecular complexity index is 1130. The molecule has 1 heteroatoms. The van der Waals surface area contributed by atoms with Gasteiger partial charge in [0.1, 0.15) is 0 Å². The molecule has 0 atom stereocenters. The molecule has 1 nitrogen and oxygen atoms in total. The molecule has 0 aliphatic carbocycles. The van der Waals surface area contributed by atoms with Gasteiger partial charge in [-0.15, -0.1) is 0 Å². The standard InChI is InChI=1S/C40H58O/c1-33(2)19-13-22-36(5)25-16-28-37(6)26-14-23-34(3)20-11-12-21-35(4)24-15-27-38(7)29-17-30-39(8)31-18-32-40(9,10)41/h11-12,14-17,19-21,23-30,41H,13,18,22,31-32H2,1-10H3/b12-11+,23-14+,24-15-,28-16-,29-17-,34-20+,35-21-,36-25+,37-26-,38-27-,39-30+. The summed E-state index contributed by atoms with van der Waals surface area (Å²) in [5.41, 5.74) is 8.39. The number of rotatable bonds is 17. The molecule has 41 heavy (non-hydrogen) atoms. The van der Waals surface area contributed by atoms with Crippen LogP contribution in [0.15, 0.2) is 142 Å². The average molecular weight is 555 g/mol. The number of hydrogen-bond donors (Lipinski definition) is 1. The summed E-state index contributed by atoms with van der Waals surface area (Å²) in [6, 6.07) is 0. The fourth-order valence-corrected chi connectivity index (χ4v) is 3.62. The maximum absolute atomic E-state index is 9.82. The van der Waals surface area contributed by atoms with Crippen molar-refractivity contribution in [2.75, 3.05) is 0 Å². The summed E-state index contributed by atoms with van der Waals surface area (Å²) < 4.78 is 0. The van der Waals surface area contributed by atoms with Crippen molar-refractivity contribution in [1.82, 2.24) is 0 Å². The van der Waals surface area contributed by atoms with Gasteiger partial charge in [0.15, 0.2) is 0 Å². The van der Waals surface area contributed by atoms with Crippen molar-refractivity contribution in [3.05, 3.63) is 142 Å². The predicted molar refractivity (Wildman–Crippen MR) is 187 cm³/mol. The van der Waals surface area contributed by atoms with E-state index in [1.165, 1.54) is 39.0 Å². The van der Waals surface area contributed by atoms with Crippen LogP contribution < -0.4 is 0 Å². The summed E-state index contributed by atoms with van der Waals surface area (Å²) >= 11 is 0. The van der Waals surface area contributed by atoms with E-state index in [0.29, 0.717) is 0 Å². The SMILES string of the molecule is CC(C)=CCC/C(C)=C/C=C\C(C)=C/C=C/C(C)=C/C=C/C=C(C)\C=C/C=C(C)\C=C/C=C(\C)CCCC(C)(C)O. The minimum absolute atomic E-state index is 0.575. The van der Waals surface area contributed by atoms with Crippen LogP contribution in [0.1, 0.15) is 101 Å². The molecule has 0 rings (SSSR count). The molecular formula is C40H58O. The third-order valence-corrected chi connectivity index (χ3v) is 6.20. The topological polar surface area (TPSA) is 20.2 Å². The van der Waals surface area contributed by atoms with E-state index in [1.807, 2.05) is 13.8 Å². The molecule has 0 radical (unpaired) electrons. The zero-order valence-electron chi connectivity index (χ0n) is 27.8. The second-order valence-corrected chi connectivity index (χ2v) is 12.0. The van der Waals surface area contributed by atoms with Gasteiger partial charge < -0.3 is 5.11 Å². The van der Waals surface area contributed by atoms with Gasteiger partial charge in [0.2, 0.25) is 0 Å². The van der Waals surface area contributed by atoms with Gasteiger partial charge in [0.05, 0.1) is 5.60 Å². The molecule has 0 bridgehead atoms. The molecule has 0 heterocycles. The maximum Gasteiger partial charge on any atom is 0.0591 e. The fraction of sp³-hybridized carbons (Fsp3) is 0.400. The lowest BCUT2D eigenvalue weighted by molar-refractivity contribution is 0.0689. The van der Waals surface area contributed by atoms with Crippen molar-refractivity contribution >= 4 is 0 Å². The van der Waals surface area contributed by atoms with Gasteiger partial charge in [-0.25, -0.2) is 0 Å². The van der Waals surface area contributed by atoms with Gasteiger partial charge in [0.25, 0.3) is 0 Å². The van der Waals surface area contributed by atoms with Crippen LogP contribution in [-0.4, -0.2) is 10.7 Å². The van der Waals surface area contributed by atoms with Crippen LogP contribution in [0.4, 0.5) is 0 Å². The lowest BCUT2D eigenvalue weighted by atomic mass is 9.99. The van der Waals surface area contributed by atoms with E-state index < -0.39 is 5.60 Å². The summed E-state index contributed by atoms with van der Waals surface area (Å²) in [6.45, 7) is 20.8. The van der Waals surface area contributed by atoms with Gasteiger partial charge in [0, 0.05) is 0 Å². The molecule has 0 saturated heterocycles. The van der Waals surface area contributed by atoms with Crippen molar-refractivity contribution in [2.45, 2.75) is 107 Å². The van der Waals surface area contributed by atoms with Crippen molar-refractivity contribution in [3.8, 4) is 0 Å². The van der Waals surface area contributed by atoms with E-state index in [4.69, 9.17) is 0 Å². The molecule has 0 unspecified atom stereocenters. The van der Waals surface area contributed by atoms with Crippen molar-refractivity contribution in [3.63, 3.8) is 0 Å². The lowest BCUT2D eigenvalue weighted by Crippen LogP contribution is -2.17. The van der Waals surface area contributed by atoms with Gasteiger partial charge in [-0.2, -0.15) is 0 Å². The Hall–Kier alpha value is -3.16. The predicted octanol–water partition coefficient (Wildman–Crippen LogP) is 12.1. The highest BCUT2D eigenvalue weighted by atomic mass is 16.3. The molecule has 224 valence electrons. The first-order valence-electron chi connectivity index (χ1n) is 15.0. The molecule has 1 N–H and O–H groups in total. The summed E-state index contributed by atoms with van der Waals surface area (Å²) in [5, 5.41) is 9.82. The molecule has 0 saturated carbocycles. The normalized spacial score (nSPS) is 15.6. The molecule has 0 aromatic carbocycles. The van der Waals surface area contributed by atoms with Crippen molar-refractivity contribution < 1.29 is 5.11 Å². The minimum atomic E-state index is -0.575. The quantitative estimate of drug-likeness (QED) is 0.140. The molecule has 0 aromatic heterocycles. The largest absolute Gasteiger partial charge is 0.390 e.